The van der Waals surface area contributed by atoms with Gasteiger partial charge in [-0.15, -0.1) is 0 Å². The highest BCUT2D eigenvalue weighted by atomic mass is 19.1. The van der Waals surface area contributed by atoms with E-state index in [1.807, 2.05) is 0 Å². The highest BCUT2D eigenvalue weighted by molar-refractivity contribution is 5.86. The lowest BCUT2D eigenvalue weighted by Gasteiger charge is -2.20. The summed E-state index contributed by atoms with van der Waals surface area (Å²) >= 11 is 0. The zero-order chi connectivity index (χ0) is 15.1. The summed E-state index contributed by atoms with van der Waals surface area (Å²) in [4.78, 5) is 24.6. The van der Waals surface area contributed by atoms with Crippen molar-refractivity contribution in [3.8, 4) is 0 Å². The average molecular weight is 295 g/mol. The van der Waals surface area contributed by atoms with E-state index in [1.54, 1.807) is 0 Å². The van der Waals surface area contributed by atoms with Gasteiger partial charge in [-0.3, -0.25) is 9.59 Å². The molecule has 1 aromatic rings. The molecule has 0 radical (unpaired) electrons. The van der Waals surface area contributed by atoms with Gasteiger partial charge in [-0.2, -0.15) is 0 Å². The van der Waals surface area contributed by atoms with Gasteiger partial charge in [-0.25, -0.2) is 8.78 Å². The molecule has 21 heavy (non-hydrogen) atoms. The molecule has 112 valence electrons. The number of carbonyl (C=O) groups is 2. The summed E-state index contributed by atoms with van der Waals surface area (Å²) in [6, 6.07) is 3.21. The maximum absolute atomic E-state index is 13.7. The van der Waals surface area contributed by atoms with Gasteiger partial charge >= 0.3 is 5.97 Å². The van der Waals surface area contributed by atoms with Crippen molar-refractivity contribution in [1.29, 1.82) is 0 Å². The summed E-state index contributed by atoms with van der Waals surface area (Å²) in [7, 11) is 0. The summed E-state index contributed by atoms with van der Waals surface area (Å²) in [6.45, 7) is -0.321. The van der Waals surface area contributed by atoms with Crippen LogP contribution in [-0.4, -0.2) is 34.5 Å². The van der Waals surface area contributed by atoms with Crippen LogP contribution in [0.15, 0.2) is 18.2 Å². The van der Waals surface area contributed by atoms with Crippen LogP contribution in [0.4, 0.5) is 8.78 Å². The van der Waals surface area contributed by atoms with Gasteiger partial charge in [0.2, 0.25) is 5.91 Å². The fourth-order valence-electron chi connectivity index (χ4n) is 2.74. The first-order valence-electron chi connectivity index (χ1n) is 6.94. The van der Waals surface area contributed by atoms with Crippen LogP contribution >= 0.6 is 0 Å². The Morgan fingerprint density at radius 3 is 2.62 bits per heavy atom. The van der Waals surface area contributed by atoms with Crippen LogP contribution in [-0.2, 0) is 9.59 Å². The van der Waals surface area contributed by atoms with Crippen molar-refractivity contribution in [2.24, 2.45) is 5.92 Å². The summed E-state index contributed by atoms with van der Waals surface area (Å²) in [5.74, 6) is -3.13. The van der Waals surface area contributed by atoms with Crippen LogP contribution in [0.1, 0.15) is 30.7 Å². The minimum absolute atomic E-state index is 0.00722. The van der Waals surface area contributed by atoms with E-state index >= 15 is 0 Å². The van der Waals surface area contributed by atoms with Crippen molar-refractivity contribution in [2.45, 2.75) is 31.2 Å². The molecule has 0 unspecified atom stereocenters. The molecular weight excluding hydrogens is 280 g/mol. The smallest absolute Gasteiger partial charge is 0.323 e. The molecule has 2 aliphatic rings. The number of carbonyl (C=O) groups excluding carboxylic acids is 1. The number of carboxylic acid groups (broad SMARTS) is 1. The predicted octanol–water partition coefficient (Wildman–Crippen LogP) is 2.14. The first kappa shape index (κ1) is 14.0. The zero-order valence-electron chi connectivity index (χ0n) is 11.3. The molecule has 2 saturated carbocycles. The van der Waals surface area contributed by atoms with E-state index in [0.717, 1.165) is 31.0 Å². The monoisotopic (exact) mass is 295 g/mol. The van der Waals surface area contributed by atoms with Crippen molar-refractivity contribution in [3.05, 3.63) is 35.4 Å². The predicted molar refractivity (Wildman–Crippen MR) is 69.6 cm³/mol. The number of amides is 1. The maximum atomic E-state index is 13.7. The lowest BCUT2D eigenvalue weighted by molar-refractivity contribution is -0.145. The number of aliphatic carboxylic acids is 1. The average Bonchev–Trinajstić information content (AvgIpc) is 3.30. The molecule has 1 N–H and O–H groups in total. The van der Waals surface area contributed by atoms with Gasteiger partial charge in [-0.05, 0) is 48.9 Å². The van der Waals surface area contributed by atoms with Gasteiger partial charge < -0.3 is 10.0 Å². The van der Waals surface area contributed by atoms with Crippen LogP contribution in [0.5, 0.6) is 0 Å². The number of halogens is 2. The Morgan fingerprint density at radius 2 is 2.00 bits per heavy atom. The molecule has 0 heterocycles. The fraction of sp³-hybridized carbons (Fsp3) is 0.467. The number of carboxylic acids is 1. The quantitative estimate of drug-likeness (QED) is 0.905. The Kier molecular flexibility index (Phi) is 3.39. The molecule has 1 amide bonds. The van der Waals surface area contributed by atoms with E-state index < -0.39 is 23.5 Å². The van der Waals surface area contributed by atoms with Gasteiger partial charge in [0.15, 0.2) is 0 Å². The van der Waals surface area contributed by atoms with Gasteiger partial charge in [0.05, 0.1) is 0 Å². The number of hydrogen-bond acceptors (Lipinski definition) is 2. The highest BCUT2D eigenvalue weighted by Crippen LogP contribution is 2.50. The van der Waals surface area contributed by atoms with Crippen LogP contribution in [0.25, 0.3) is 0 Å². The second kappa shape index (κ2) is 5.09. The molecule has 0 aliphatic heterocycles. The Labute approximate surface area is 120 Å². The van der Waals surface area contributed by atoms with E-state index in [9.17, 15) is 18.4 Å². The van der Waals surface area contributed by atoms with Crippen molar-refractivity contribution in [2.75, 3.05) is 6.54 Å². The van der Waals surface area contributed by atoms with E-state index in [0.29, 0.717) is 6.42 Å². The summed E-state index contributed by atoms with van der Waals surface area (Å²) in [5.41, 5.74) is 0.208. The standard InChI is InChI=1S/C15H15F2NO3/c16-8-1-4-13(17)11(5-8)10-6-12(10)15(21)18(7-14(19)20)9-2-3-9/h1,4-5,9-10,12H,2-3,6-7H2,(H,19,20)/t10-,12-/m0/s1. The fourth-order valence-corrected chi connectivity index (χ4v) is 2.74. The summed E-state index contributed by atoms with van der Waals surface area (Å²) < 4.78 is 26.9. The second-order valence-electron chi connectivity index (χ2n) is 5.71. The topological polar surface area (TPSA) is 57.6 Å². The minimum atomic E-state index is -1.05. The van der Waals surface area contributed by atoms with Gasteiger partial charge in [0, 0.05) is 12.0 Å². The van der Waals surface area contributed by atoms with Crippen LogP contribution < -0.4 is 0 Å². The van der Waals surface area contributed by atoms with Gasteiger partial charge in [0.1, 0.15) is 18.2 Å². The third-order valence-electron chi connectivity index (χ3n) is 4.04. The zero-order valence-corrected chi connectivity index (χ0v) is 11.3. The van der Waals surface area contributed by atoms with Crippen LogP contribution in [0.2, 0.25) is 0 Å². The first-order chi connectivity index (χ1) is 9.97. The minimum Gasteiger partial charge on any atom is -0.480 e. The molecule has 0 bridgehead atoms. The van der Waals surface area contributed by atoms with Crippen LogP contribution in [0.3, 0.4) is 0 Å². The second-order valence-corrected chi connectivity index (χ2v) is 5.71. The van der Waals surface area contributed by atoms with Gasteiger partial charge in [-0.1, -0.05) is 0 Å². The number of hydrogen-bond donors (Lipinski definition) is 1. The van der Waals surface area contributed by atoms with Crippen molar-refractivity contribution in [1.82, 2.24) is 4.90 Å². The Bertz CT molecular complexity index is 601. The maximum Gasteiger partial charge on any atom is 0.323 e. The summed E-state index contributed by atoms with van der Waals surface area (Å²) in [6.07, 6.45) is 2.07. The number of benzene rings is 1. The number of nitrogens with zero attached hydrogens (tertiary/aromatic N) is 1. The molecule has 0 saturated heterocycles. The molecular formula is C15H15F2NO3. The molecule has 2 fully saturated rings. The van der Waals surface area contributed by atoms with Crippen molar-refractivity contribution in [3.63, 3.8) is 0 Å². The SMILES string of the molecule is O=C(O)CN(C(=O)[C@H]1C[C@H]1c1cc(F)ccc1F)C1CC1. The molecule has 6 heteroatoms. The first-order valence-corrected chi connectivity index (χ1v) is 6.94. The molecule has 2 atom stereocenters. The van der Waals surface area contributed by atoms with Gasteiger partial charge in [0.25, 0.3) is 0 Å². The van der Waals surface area contributed by atoms with E-state index in [4.69, 9.17) is 5.11 Å². The molecule has 2 aliphatic carbocycles. The van der Waals surface area contributed by atoms with E-state index in [-0.39, 0.29) is 30.0 Å². The van der Waals surface area contributed by atoms with E-state index in [1.165, 1.54) is 4.90 Å². The van der Waals surface area contributed by atoms with Crippen LogP contribution in [0, 0.1) is 17.6 Å². The van der Waals surface area contributed by atoms with Crippen molar-refractivity contribution < 1.29 is 23.5 Å². The third kappa shape index (κ3) is 2.89. The third-order valence-corrected chi connectivity index (χ3v) is 4.04. The molecule has 0 spiro atoms. The molecule has 1 aromatic carbocycles. The molecule has 3 rings (SSSR count). The summed E-state index contributed by atoms with van der Waals surface area (Å²) in [5, 5.41) is 8.87. The van der Waals surface area contributed by atoms with Crippen molar-refractivity contribution >= 4 is 11.9 Å². The lowest BCUT2D eigenvalue weighted by Crippen LogP contribution is -2.38. The Morgan fingerprint density at radius 1 is 1.29 bits per heavy atom. The van der Waals surface area contributed by atoms with E-state index in [2.05, 4.69) is 0 Å². The number of rotatable bonds is 5. The Hall–Kier alpha value is -1.98. The molecule has 4 nitrogen and oxygen atoms in total. The largest absolute Gasteiger partial charge is 0.480 e. The Balaban J connectivity index is 1.72. The molecule has 0 aromatic heterocycles. The normalized spacial score (nSPS) is 23.7. The lowest BCUT2D eigenvalue weighted by atomic mass is 10.1. The highest BCUT2D eigenvalue weighted by Gasteiger charge is 2.49.